The Hall–Kier alpha value is -9.05. The van der Waals surface area contributed by atoms with Gasteiger partial charge in [-0.15, -0.1) is 34.0 Å². The van der Waals surface area contributed by atoms with Crippen LogP contribution in [0.15, 0.2) is 99.5 Å². The fourth-order valence-electron chi connectivity index (χ4n) is 11.7. The second-order valence-electron chi connectivity index (χ2n) is 21.5. The lowest BCUT2D eigenvalue weighted by atomic mass is 9.86. The molecule has 4 aromatic carbocycles. The molecule has 11 heterocycles. The van der Waals surface area contributed by atoms with E-state index in [0.29, 0.717) is 94.2 Å². The molecule has 0 bridgehead atoms. The van der Waals surface area contributed by atoms with E-state index in [4.69, 9.17) is 42.6 Å². The van der Waals surface area contributed by atoms with E-state index >= 15 is 0 Å². The van der Waals surface area contributed by atoms with Crippen LogP contribution in [0.2, 0.25) is 0 Å². The van der Waals surface area contributed by atoms with Gasteiger partial charge in [-0.3, -0.25) is 58.0 Å². The average Bonchev–Trinajstić information content (AvgIpc) is 0.893. The Labute approximate surface area is 512 Å². The van der Waals surface area contributed by atoms with Gasteiger partial charge in [0.25, 0.3) is 47.3 Å². The van der Waals surface area contributed by atoms with Crippen molar-refractivity contribution in [1.82, 2.24) is 24.2 Å². The second kappa shape index (κ2) is 23.6. The van der Waals surface area contributed by atoms with E-state index in [-0.39, 0.29) is 118 Å². The summed E-state index contributed by atoms with van der Waals surface area (Å²) in [5.74, 6) is 0.325. The quantitative estimate of drug-likeness (QED) is 0.0474. The number of imide groups is 4. The standard InChI is InChI=1S/C32H26N2O10S2.C30H27N4O7S/c35-29-19-1-2-20-28-22(32(38)34(30(20)36)6-8-40-10-18-12-42-24-14-46-16-26(24)44-18)4-3-21(27(19)28)31(37)33(29)5-7-39-9-17-11-41-23-13-45-15-25(23)43-17;1-31-9-10-32(17-31)7-2-8-33-27(35)19-3-5-21-26-22(6-4-20(25(19)26)28(33)36)30(38)34(29(21)37)11-12-39-13-18-14-40-23-15-42-16-24(23)41-18/h1-4,13-18H,5-12H2;3-6,9-10,15-18H,2,7-8,11-14H2,1H3/q;+1. The number of aromatic nitrogens is 2. The predicted octanol–water partition coefficient (Wildman–Crippen LogP) is 6.53. The second-order valence-corrected chi connectivity index (χ2v) is 23.8. The summed E-state index contributed by atoms with van der Waals surface area (Å²) in [5, 5.41) is 12.6. The molecule has 3 atom stereocenters. The number of rotatable bonds is 19. The summed E-state index contributed by atoms with van der Waals surface area (Å²) in [6.07, 6.45) is 5.48. The summed E-state index contributed by atoms with van der Waals surface area (Å²) in [5.41, 5.74) is 2.23. The lowest BCUT2D eigenvalue weighted by Crippen LogP contribution is -2.45. The molecule has 7 aliphatic rings. The molecule has 4 aromatic heterocycles. The molecule has 8 amide bonds. The topological polar surface area (TPSA) is 241 Å². The molecule has 8 aromatic rings. The third-order valence-electron chi connectivity index (χ3n) is 16.0. The van der Waals surface area contributed by atoms with Crippen LogP contribution in [0.5, 0.6) is 34.5 Å². The van der Waals surface area contributed by atoms with Crippen LogP contribution >= 0.6 is 34.0 Å². The summed E-state index contributed by atoms with van der Waals surface area (Å²) in [4.78, 5) is 113. The van der Waals surface area contributed by atoms with E-state index in [0.717, 1.165) is 20.4 Å². The number of fused-ring (bicyclic) bond motifs is 3. The molecular formula is C62H53N6O17S3+. The number of carbonyl (C=O) groups excluding carboxylic acids is 8. The number of thiophene rings is 3. The molecule has 3 unspecified atom stereocenters. The van der Waals surface area contributed by atoms with E-state index in [1.807, 2.05) is 67.2 Å². The molecule has 88 heavy (non-hydrogen) atoms. The van der Waals surface area contributed by atoms with E-state index in [2.05, 4.69) is 0 Å². The van der Waals surface area contributed by atoms with Gasteiger partial charge in [0.2, 0.25) is 6.33 Å². The van der Waals surface area contributed by atoms with Gasteiger partial charge in [-0.2, -0.15) is 0 Å². The predicted molar refractivity (Wildman–Crippen MR) is 315 cm³/mol. The largest absolute Gasteiger partial charge is 0.485 e. The normalized spacial score (nSPS) is 18.7. The van der Waals surface area contributed by atoms with Gasteiger partial charge in [-0.25, -0.2) is 9.13 Å². The van der Waals surface area contributed by atoms with Gasteiger partial charge in [-0.05, 0) is 48.5 Å². The van der Waals surface area contributed by atoms with Crippen LogP contribution in [0.1, 0.15) is 89.3 Å². The Morgan fingerprint density at radius 2 is 0.693 bits per heavy atom. The number of hydrogen-bond acceptors (Lipinski definition) is 20. The minimum Gasteiger partial charge on any atom is -0.485 e. The fourth-order valence-corrected chi connectivity index (χ4v) is 13.8. The molecule has 0 aliphatic carbocycles. The van der Waals surface area contributed by atoms with Crippen molar-refractivity contribution in [1.29, 1.82) is 0 Å². The highest BCUT2D eigenvalue weighted by Gasteiger charge is 2.42. The third-order valence-corrected chi connectivity index (χ3v) is 18.1. The summed E-state index contributed by atoms with van der Waals surface area (Å²) in [6, 6.07) is 12.5. The number of aryl methyl sites for hydroxylation is 2. The molecule has 7 aliphatic heterocycles. The van der Waals surface area contributed by atoms with Crippen LogP contribution in [0.25, 0.3) is 21.5 Å². The number of nitrogens with zero attached hydrogens (tertiary/aromatic N) is 6. The minimum atomic E-state index is -0.510. The molecule has 0 N–H and O–H groups in total. The first-order chi connectivity index (χ1) is 42.9. The summed E-state index contributed by atoms with van der Waals surface area (Å²) < 4.78 is 55.7. The van der Waals surface area contributed by atoms with Crippen molar-refractivity contribution in [3.63, 3.8) is 0 Å². The lowest BCUT2D eigenvalue weighted by molar-refractivity contribution is -0.671. The summed E-state index contributed by atoms with van der Waals surface area (Å²) in [7, 11) is 1.93. The zero-order valence-corrected chi connectivity index (χ0v) is 49.5. The lowest BCUT2D eigenvalue weighted by Gasteiger charge is -2.32. The first kappa shape index (κ1) is 56.7. The maximum Gasteiger partial charge on any atom is 0.261 e. The number of hydrogen-bond donors (Lipinski definition) is 0. The van der Waals surface area contributed by atoms with E-state index in [1.165, 1.54) is 38.9 Å². The van der Waals surface area contributed by atoms with Gasteiger partial charge < -0.3 is 42.6 Å². The fraction of sp³-hybridized carbons (Fsp3) is 0.306. The Kier molecular flexibility index (Phi) is 15.2. The van der Waals surface area contributed by atoms with Crippen molar-refractivity contribution in [2.75, 3.05) is 85.6 Å². The third kappa shape index (κ3) is 10.3. The average molecular weight is 1250 g/mol. The monoisotopic (exact) mass is 1250 g/mol. The van der Waals surface area contributed by atoms with Crippen molar-refractivity contribution in [3.8, 4) is 34.5 Å². The highest BCUT2D eigenvalue weighted by Crippen LogP contribution is 2.42. The van der Waals surface area contributed by atoms with Crippen molar-refractivity contribution in [2.45, 2.75) is 31.3 Å². The van der Waals surface area contributed by atoms with E-state index < -0.39 is 47.3 Å². The van der Waals surface area contributed by atoms with Gasteiger partial charge >= 0.3 is 0 Å². The Morgan fingerprint density at radius 3 is 0.977 bits per heavy atom. The molecule has 0 saturated heterocycles. The number of ether oxygens (including phenoxy) is 9. The van der Waals surface area contributed by atoms with Crippen molar-refractivity contribution in [3.05, 3.63) is 144 Å². The van der Waals surface area contributed by atoms with Crippen LogP contribution in [0.3, 0.4) is 0 Å². The molecule has 0 spiro atoms. The minimum absolute atomic E-state index is 0.0253. The van der Waals surface area contributed by atoms with Crippen LogP contribution in [-0.4, -0.2) is 175 Å². The molecule has 0 saturated carbocycles. The Bertz CT molecular complexity index is 3930. The van der Waals surface area contributed by atoms with Crippen LogP contribution in [0, 0.1) is 0 Å². The molecule has 0 fully saturated rings. The first-order valence-corrected chi connectivity index (χ1v) is 31.2. The van der Waals surface area contributed by atoms with Gasteiger partial charge in [0.15, 0.2) is 52.8 Å². The van der Waals surface area contributed by atoms with Crippen LogP contribution in [-0.2, 0) is 27.8 Å². The molecule has 15 rings (SSSR count). The van der Waals surface area contributed by atoms with Crippen LogP contribution < -0.4 is 33.0 Å². The number of amides is 8. The molecule has 0 radical (unpaired) electrons. The van der Waals surface area contributed by atoms with Gasteiger partial charge in [0, 0.05) is 111 Å². The number of carbonyl (C=O) groups is 8. The van der Waals surface area contributed by atoms with Crippen LogP contribution in [0.4, 0.5) is 0 Å². The van der Waals surface area contributed by atoms with Gasteiger partial charge in [0.05, 0.1) is 72.9 Å². The van der Waals surface area contributed by atoms with Crippen molar-refractivity contribution < 1.29 is 85.6 Å². The Balaban J connectivity index is 0.000000155. The summed E-state index contributed by atoms with van der Waals surface area (Å²) >= 11 is 4.47. The van der Waals surface area contributed by atoms with E-state index in [9.17, 15) is 38.4 Å². The van der Waals surface area contributed by atoms with Gasteiger partial charge in [-0.1, -0.05) is 0 Å². The Morgan fingerprint density at radius 1 is 0.409 bits per heavy atom. The summed E-state index contributed by atoms with van der Waals surface area (Å²) in [6.45, 7) is 3.07. The zero-order chi connectivity index (χ0) is 60.3. The molecular weight excluding hydrogens is 1200 g/mol. The smallest absolute Gasteiger partial charge is 0.261 e. The van der Waals surface area contributed by atoms with Crippen molar-refractivity contribution in [2.24, 2.45) is 7.05 Å². The maximum absolute atomic E-state index is 13.5. The van der Waals surface area contributed by atoms with Crippen molar-refractivity contribution >= 4 is 103 Å². The maximum atomic E-state index is 13.5. The number of imidazole rings is 1. The number of benzene rings is 4. The molecule has 23 nitrogen and oxygen atoms in total. The zero-order valence-electron chi connectivity index (χ0n) is 47.0. The van der Waals surface area contributed by atoms with Gasteiger partial charge in [0.1, 0.15) is 32.2 Å². The molecule has 26 heteroatoms. The van der Waals surface area contributed by atoms with E-state index in [1.54, 1.807) is 48.5 Å². The SMILES string of the molecule is C[n+]1ccn(CCCN2C(=O)c3ccc4c5c(ccc(c35)C2=O)C(=O)N(CCOCC2COc3cscc3O2)C4=O)c1.O=C1c2ccc3c4c(ccc(c24)C(=O)N1CCOCC1COc2cscc2O1)C(=O)N(CCOCC1COc2cscc2O1)C3=O. The highest BCUT2D eigenvalue weighted by molar-refractivity contribution is 7.09. The first-order valence-electron chi connectivity index (χ1n) is 28.3. The highest BCUT2D eigenvalue weighted by atomic mass is 32.1. The molecule has 450 valence electrons.